The van der Waals surface area contributed by atoms with Crippen LogP contribution in [0.3, 0.4) is 0 Å². The molecular formula is C13H12N4S. The van der Waals surface area contributed by atoms with Crippen LogP contribution in [0, 0.1) is 0 Å². The lowest BCUT2D eigenvalue weighted by Crippen LogP contribution is -2.09. The average molecular weight is 256 g/mol. The van der Waals surface area contributed by atoms with E-state index < -0.39 is 0 Å². The first kappa shape index (κ1) is 11.1. The third-order valence-corrected chi connectivity index (χ3v) is 3.57. The van der Waals surface area contributed by atoms with Crippen molar-refractivity contribution in [3.8, 4) is 0 Å². The van der Waals surface area contributed by atoms with E-state index in [2.05, 4.69) is 27.2 Å². The lowest BCUT2D eigenvalue weighted by Gasteiger charge is -2.13. The van der Waals surface area contributed by atoms with Crippen LogP contribution >= 0.6 is 11.3 Å². The molecule has 3 aromatic heterocycles. The molecule has 3 heterocycles. The van der Waals surface area contributed by atoms with Gasteiger partial charge in [-0.25, -0.2) is 9.97 Å². The van der Waals surface area contributed by atoms with Gasteiger partial charge in [-0.3, -0.25) is 4.98 Å². The Kier molecular flexibility index (Phi) is 2.90. The molecule has 0 fully saturated rings. The monoisotopic (exact) mass is 256 g/mol. The summed E-state index contributed by atoms with van der Waals surface area (Å²) in [5.74, 6) is 0.650. The highest BCUT2D eigenvalue weighted by Gasteiger charge is 2.07. The summed E-state index contributed by atoms with van der Waals surface area (Å²) in [6.45, 7) is 2.07. The van der Waals surface area contributed by atoms with Crippen LogP contribution in [-0.4, -0.2) is 15.0 Å². The summed E-state index contributed by atoms with van der Waals surface area (Å²) in [6, 6.07) is 6.10. The van der Waals surface area contributed by atoms with Crippen LogP contribution in [-0.2, 0) is 0 Å². The van der Waals surface area contributed by atoms with Gasteiger partial charge in [-0.1, -0.05) is 6.07 Å². The number of fused-ring (bicyclic) bond motifs is 1. The molecule has 3 rings (SSSR count). The number of hydrogen-bond acceptors (Lipinski definition) is 5. The van der Waals surface area contributed by atoms with Crippen LogP contribution in [0.15, 0.2) is 42.2 Å². The largest absolute Gasteiger partial charge is 0.348 e. The Morgan fingerprint density at radius 3 is 3.06 bits per heavy atom. The zero-order chi connectivity index (χ0) is 12.4. The lowest BCUT2D eigenvalue weighted by atomic mass is 10.1. The van der Waals surface area contributed by atoms with Gasteiger partial charge in [0.05, 0.1) is 22.5 Å². The summed E-state index contributed by atoms with van der Waals surface area (Å²) in [5, 5.41) is 5.30. The van der Waals surface area contributed by atoms with Crippen LogP contribution in [0.25, 0.3) is 10.2 Å². The molecule has 5 heteroatoms. The van der Waals surface area contributed by atoms with E-state index in [1.165, 1.54) is 0 Å². The molecule has 0 aliphatic carbocycles. The van der Waals surface area contributed by atoms with Crippen molar-refractivity contribution >= 4 is 27.5 Å². The predicted octanol–water partition coefficient (Wildman–Crippen LogP) is 3.26. The Bertz CT molecular complexity index is 650. The molecule has 0 bridgehead atoms. The third-order valence-electron chi connectivity index (χ3n) is 2.73. The fraction of sp³-hybridized carbons (Fsp3) is 0.154. The third kappa shape index (κ3) is 2.17. The molecule has 0 aliphatic heterocycles. The van der Waals surface area contributed by atoms with E-state index in [0.29, 0.717) is 5.95 Å². The summed E-state index contributed by atoms with van der Waals surface area (Å²) in [7, 11) is 0. The summed E-state index contributed by atoms with van der Waals surface area (Å²) in [6.07, 6.45) is 5.47. The van der Waals surface area contributed by atoms with Gasteiger partial charge in [0.2, 0.25) is 5.95 Å². The topological polar surface area (TPSA) is 50.7 Å². The van der Waals surface area contributed by atoms with Crippen LogP contribution in [0.2, 0.25) is 0 Å². The molecule has 0 radical (unpaired) electrons. The maximum absolute atomic E-state index is 4.47. The van der Waals surface area contributed by atoms with Crippen molar-refractivity contribution in [2.45, 2.75) is 13.0 Å². The summed E-state index contributed by atoms with van der Waals surface area (Å²) in [4.78, 5) is 12.9. The lowest BCUT2D eigenvalue weighted by molar-refractivity contribution is 0.856. The van der Waals surface area contributed by atoms with Gasteiger partial charge in [0.1, 0.15) is 0 Å². The molecule has 3 aromatic rings. The van der Waals surface area contributed by atoms with E-state index in [-0.39, 0.29) is 6.04 Å². The van der Waals surface area contributed by atoms with Gasteiger partial charge < -0.3 is 5.32 Å². The maximum Gasteiger partial charge on any atom is 0.223 e. The second kappa shape index (κ2) is 4.70. The number of thiophene rings is 1. The Balaban J connectivity index is 1.83. The number of anilines is 1. The smallest absolute Gasteiger partial charge is 0.223 e. The number of rotatable bonds is 3. The summed E-state index contributed by atoms with van der Waals surface area (Å²) >= 11 is 1.65. The molecule has 1 N–H and O–H groups in total. The second-order valence-electron chi connectivity index (χ2n) is 4.02. The SMILES string of the molecule is C[C@H](Nc1ncc2sccc2n1)c1cccnc1. The molecule has 0 amide bonds. The highest BCUT2D eigenvalue weighted by atomic mass is 32.1. The predicted molar refractivity (Wildman–Crippen MR) is 73.7 cm³/mol. The molecular weight excluding hydrogens is 244 g/mol. The molecule has 18 heavy (non-hydrogen) atoms. The highest BCUT2D eigenvalue weighted by Crippen LogP contribution is 2.21. The molecule has 0 aliphatic rings. The Hall–Kier alpha value is -2.01. The van der Waals surface area contributed by atoms with E-state index in [1.54, 1.807) is 17.5 Å². The number of nitrogens with one attached hydrogen (secondary N) is 1. The van der Waals surface area contributed by atoms with Crippen molar-refractivity contribution in [2.75, 3.05) is 5.32 Å². The van der Waals surface area contributed by atoms with Crippen molar-refractivity contribution in [3.05, 3.63) is 47.7 Å². The van der Waals surface area contributed by atoms with Gasteiger partial charge in [0, 0.05) is 12.4 Å². The quantitative estimate of drug-likeness (QED) is 0.781. The van der Waals surface area contributed by atoms with Gasteiger partial charge in [0.25, 0.3) is 0 Å². The van der Waals surface area contributed by atoms with E-state index >= 15 is 0 Å². The molecule has 0 spiro atoms. The Morgan fingerprint density at radius 1 is 1.28 bits per heavy atom. The van der Waals surface area contributed by atoms with Crippen LogP contribution in [0.1, 0.15) is 18.5 Å². The minimum absolute atomic E-state index is 0.134. The first-order chi connectivity index (χ1) is 8.83. The molecule has 4 nitrogen and oxygen atoms in total. The van der Waals surface area contributed by atoms with Crippen molar-refractivity contribution in [1.82, 2.24) is 15.0 Å². The normalized spacial score (nSPS) is 12.5. The first-order valence-electron chi connectivity index (χ1n) is 5.69. The summed E-state index contributed by atoms with van der Waals surface area (Å²) in [5.41, 5.74) is 2.10. The molecule has 0 aromatic carbocycles. The minimum Gasteiger partial charge on any atom is -0.348 e. The van der Waals surface area contributed by atoms with E-state index in [0.717, 1.165) is 15.8 Å². The van der Waals surface area contributed by atoms with E-state index in [9.17, 15) is 0 Å². The maximum atomic E-state index is 4.47. The molecule has 0 saturated carbocycles. The van der Waals surface area contributed by atoms with Gasteiger partial charge in [-0.2, -0.15) is 0 Å². The van der Waals surface area contributed by atoms with E-state index in [4.69, 9.17) is 0 Å². The summed E-state index contributed by atoms with van der Waals surface area (Å²) < 4.78 is 1.11. The molecule has 1 atom stereocenters. The molecule has 90 valence electrons. The first-order valence-corrected chi connectivity index (χ1v) is 6.57. The van der Waals surface area contributed by atoms with E-state index in [1.807, 2.05) is 36.0 Å². The number of nitrogens with zero attached hydrogens (tertiary/aromatic N) is 3. The molecule has 0 unspecified atom stereocenters. The number of pyridine rings is 1. The highest BCUT2D eigenvalue weighted by molar-refractivity contribution is 7.17. The van der Waals surface area contributed by atoms with Gasteiger partial charge in [-0.05, 0) is 30.0 Å². The second-order valence-corrected chi connectivity index (χ2v) is 4.96. The van der Waals surface area contributed by atoms with Crippen molar-refractivity contribution < 1.29 is 0 Å². The van der Waals surface area contributed by atoms with Crippen molar-refractivity contribution in [2.24, 2.45) is 0 Å². The number of aromatic nitrogens is 3. The zero-order valence-electron chi connectivity index (χ0n) is 9.87. The molecule has 0 saturated heterocycles. The van der Waals surface area contributed by atoms with Gasteiger partial charge >= 0.3 is 0 Å². The van der Waals surface area contributed by atoms with Gasteiger partial charge in [0.15, 0.2) is 0 Å². The fourth-order valence-corrected chi connectivity index (χ4v) is 2.44. The standard InChI is InChI=1S/C13H12N4S/c1-9(10-3-2-5-14-7-10)16-13-15-8-12-11(17-13)4-6-18-12/h2-9H,1H3,(H,15,16,17)/t9-/m0/s1. The van der Waals surface area contributed by atoms with Gasteiger partial charge in [-0.15, -0.1) is 11.3 Å². The van der Waals surface area contributed by atoms with Crippen LogP contribution < -0.4 is 5.32 Å². The van der Waals surface area contributed by atoms with Crippen molar-refractivity contribution in [1.29, 1.82) is 0 Å². The minimum atomic E-state index is 0.134. The fourth-order valence-electron chi connectivity index (χ4n) is 1.74. The van der Waals surface area contributed by atoms with Crippen molar-refractivity contribution in [3.63, 3.8) is 0 Å². The van der Waals surface area contributed by atoms with Crippen LogP contribution in [0.4, 0.5) is 5.95 Å². The number of hydrogen-bond donors (Lipinski definition) is 1. The zero-order valence-corrected chi connectivity index (χ0v) is 10.7. The van der Waals surface area contributed by atoms with Crippen LogP contribution in [0.5, 0.6) is 0 Å². The Morgan fingerprint density at radius 2 is 2.22 bits per heavy atom. The Labute approximate surface area is 109 Å². The average Bonchev–Trinajstić information content (AvgIpc) is 2.87.